The zero-order valence-electron chi connectivity index (χ0n) is 14.8. The second kappa shape index (κ2) is 8.04. The monoisotopic (exact) mass is 410 g/mol. The highest BCUT2D eigenvalue weighted by atomic mass is 35.5. The maximum absolute atomic E-state index is 12.9. The van der Waals surface area contributed by atoms with Crippen LogP contribution in [-0.4, -0.2) is 44.4 Å². The van der Waals surface area contributed by atoms with Gasteiger partial charge in [-0.2, -0.15) is 0 Å². The summed E-state index contributed by atoms with van der Waals surface area (Å²) in [7, 11) is -3.53. The Morgan fingerprint density at radius 2 is 1.85 bits per heavy atom. The summed E-state index contributed by atoms with van der Waals surface area (Å²) in [5.41, 5.74) is 0.418. The van der Waals surface area contributed by atoms with Crippen LogP contribution in [0, 0.1) is 0 Å². The lowest BCUT2D eigenvalue weighted by Crippen LogP contribution is -2.39. The zero-order chi connectivity index (χ0) is 18.1. The first-order valence-electron chi connectivity index (χ1n) is 8.92. The predicted molar refractivity (Wildman–Crippen MR) is 104 cm³/mol. The van der Waals surface area contributed by atoms with E-state index in [9.17, 15) is 13.2 Å². The van der Waals surface area contributed by atoms with E-state index in [0.29, 0.717) is 30.7 Å². The fourth-order valence-electron chi connectivity index (χ4n) is 3.82. The Balaban J connectivity index is 0.00000210. The van der Waals surface area contributed by atoms with Gasteiger partial charge in [-0.1, -0.05) is 18.2 Å². The van der Waals surface area contributed by atoms with Gasteiger partial charge < -0.3 is 14.6 Å². The molecule has 0 spiro atoms. The predicted octanol–water partition coefficient (Wildman–Crippen LogP) is 2.64. The number of likely N-dealkylation sites (tertiary alicyclic amines) is 1. The van der Waals surface area contributed by atoms with Crippen molar-refractivity contribution < 1.29 is 17.6 Å². The van der Waals surface area contributed by atoms with Crippen LogP contribution in [0.3, 0.4) is 0 Å². The molecule has 2 aliphatic heterocycles. The molecule has 0 saturated carbocycles. The summed E-state index contributed by atoms with van der Waals surface area (Å²) < 4.78 is 30.7. The van der Waals surface area contributed by atoms with E-state index in [-0.39, 0.29) is 34.7 Å². The van der Waals surface area contributed by atoms with Crippen molar-refractivity contribution in [1.82, 2.24) is 10.2 Å². The molecule has 2 atom stereocenters. The summed E-state index contributed by atoms with van der Waals surface area (Å²) in [6.07, 6.45) is 4.54. The molecule has 2 bridgehead atoms. The first kappa shape index (κ1) is 19.9. The summed E-state index contributed by atoms with van der Waals surface area (Å²) in [5, 5.41) is 3.54. The molecule has 2 saturated heterocycles. The molecular weight excluding hydrogens is 388 g/mol. The summed E-state index contributed by atoms with van der Waals surface area (Å²) in [6.45, 7) is 1.31. The first-order chi connectivity index (χ1) is 12.5. The summed E-state index contributed by atoms with van der Waals surface area (Å²) in [4.78, 5) is 15.0. The van der Waals surface area contributed by atoms with E-state index in [1.165, 1.54) is 6.26 Å². The van der Waals surface area contributed by atoms with Crippen molar-refractivity contribution >= 4 is 28.2 Å². The molecule has 146 valence electrons. The molecule has 2 aliphatic rings. The van der Waals surface area contributed by atoms with Crippen LogP contribution in [0.1, 0.15) is 35.4 Å². The van der Waals surface area contributed by atoms with E-state index in [1.807, 2.05) is 0 Å². The van der Waals surface area contributed by atoms with Gasteiger partial charge in [-0.15, -0.1) is 12.4 Å². The van der Waals surface area contributed by atoms with E-state index in [1.54, 1.807) is 41.3 Å². The van der Waals surface area contributed by atoms with Gasteiger partial charge in [0, 0.05) is 30.7 Å². The number of halogens is 1. The third-order valence-electron chi connectivity index (χ3n) is 5.20. The van der Waals surface area contributed by atoms with Gasteiger partial charge in [-0.3, -0.25) is 4.79 Å². The number of hydrogen-bond acceptors (Lipinski definition) is 5. The number of sulfone groups is 1. The average Bonchev–Trinajstić information content (AvgIpc) is 3.21. The Labute approximate surface area is 165 Å². The number of furan rings is 1. The normalized spacial score (nSPS) is 22.1. The van der Waals surface area contributed by atoms with Gasteiger partial charge in [0.25, 0.3) is 5.91 Å². The van der Waals surface area contributed by atoms with Gasteiger partial charge in [-0.05, 0) is 37.5 Å². The van der Waals surface area contributed by atoms with E-state index in [0.717, 1.165) is 19.3 Å². The average molecular weight is 411 g/mol. The Morgan fingerprint density at radius 1 is 1.11 bits per heavy atom. The fraction of sp³-hybridized carbons (Fsp3) is 0.421. The SMILES string of the molecule is Cl.O=C(c1occc1CS(=O)(=O)c1ccccc1)N1CCC2CCC(C1)N2. The largest absolute Gasteiger partial charge is 0.459 e. The molecule has 6 nitrogen and oxygen atoms in total. The fourth-order valence-corrected chi connectivity index (χ4v) is 5.20. The van der Waals surface area contributed by atoms with Crippen LogP contribution in [0.4, 0.5) is 0 Å². The van der Waals surface area contributed by atoms with Crippen molar-refractivity contribution in [2.75, 3.05) is 13.1 Å². The zero-order valence-corrected chi connectivity index (χ0v) is 16.5. The topological polar surface area (TPSA) is 79.6 Å². The van der Waals surface area contributed by atoms with Crippen LogP contribution >= 0.6 is 12.4 Å². The highest BCUT2D eigenvalue weighted by Crippen LogP contribution is 2.24. The Hall–Kier alpha value is -1.83. The quantitative estimate of drug-likeness (QED) is 0.838. The van der Waals surface area contributed by atoms with Crippen LogP contribution in [0.25, 0.3) is 0 Å². The summed E-state index contributed by atoms with van der Waals surface area (Å²) in [6, 6.07) is 10.6. The third-order valence-corrected chi connectivity index (χ3v) is 6.88. The number of fused-ring (bicyclic) bond motifs is 2. The standard InChI is InChI=1S/C19H22N2O4S.ClH/c22-19(21-10-8-15-6-7-16(12-21)20-15)18-14(9-11-25-18)13-26(23,24)17-4-2-1-3-5-17;/h1-5,9,11,15-16,20H,6-8,10,12-13H2;1H. The first-order valence-corrected chi connectivity index (χ1v) is 10.6. The number of nitrogens with zero attached hydrogens (tertiary/aromatic N) is 1. The number of carbonyl (C=O) groups excluding carboxylic acids is 1. The molecule has 0 aliphatic carbocycles. The minimum Gasteiger partial charge on any atom is -0.459 e. The second-order valence-electron chi connectivity index (χ2n) is 7.02. The number of nitrogens with one attached hydrogen (secondary N) is 1. The van der Waals surface area contributed by atoms with E-state index >= 15 is 0 Å². The van der Waals surface area contributed by atoms with E-state index < -0.39 is 9.84 Å². The third kappa shape index (κ3) is 4.20. The van der Waals surface area contributed by atoms with Gasteiger partial charge in [-0.25, -0.2) is 8.42 Å². The number of carbonyl (C=O) groups is 1. The molecule has 8 heteroatoms. The molecule has 27 heavy (non-hydrogen) atoms. The van der Waals surface area contributed by atoms with Crippen LogP contribution in [0.5, 0.6) is 0 Å². The van der Waals surface area contributed by atoms with Gasteiger partial charge in [0.1, 0.15) is 0 Å². The van der Waals surface area contributed by atoms with Crippen LogP contribution in [0.15, 0.2) is 52.0 Å². The van der Waals surface area contributed by atoms with Crippen molar-refractivity contribution in [1.29, 1.82) is 0 Å². The lowest BCUT2D eigenvalue weighted by molar-refractivity contribution is 0.0715. The lowest BCUT2D eigenvalue weighted by Gasteiger charge is -2.23. The molecule has 4 rings (SSSR count). The van der Waals surface area contributed by atoms with Gasteiger partial charge in [0.05, 0.1) is 16.9 Å². The maximum atomic E-state index is 12.9. The Kier molecular flexibility index (Phi) is 5.93. The Morgan fingerprint density at radius 3 is 2.63 bits per heavy atom. The molecule has 1 aromatic heterocycles. The van der Waals surface area contributed by atoms with Gasteiger partial charge in [0.2, 0.25) is 0 Å². The highest BCUT2D eigenvalue weighted by molar-refractivity contribution is 7.90. The minimum atomic E-state index is -3.53. The van der Waals surface area contributed by atoms with E-state index in [2.05, 4.69) is 5.32 Å². The van der Waals surface area contributed by atoms with Gasteiger partial charge >= 0.3 is 0 Å². The summed E-state index contributed by atoms with van der Waals surface area (Å²) in [5.74, 6) is -0.322. The number of benzene rings is 1. The van der Waals surface area contributed by atoms with Crippen molar-refractivity contribution in [3.63, 3.8) is 0 Å². The molecule has 2 unspecified atom stereocenters. The molecule has 1 amide bonds. The van der Waals surface area contributed by atoms with Crippen LogP contribution < -0.4 is 5.32 Å². The van der Waals surface area contributed by atoms with Crippen LogP contribution in [0.2, 0.25) is 0 Å². The molecule has 1 N–H and O–H groups in total. The van der Waals surface area contributed by atoms with Gasteiger partial charge in [0.15, 0.2) is 15.6 Å². The van der Waals surface area contributed by atoms with Crippen molar-refractivity contribution in [3.8, 4) is 0 Å². The highest BCUT2D eigenvalue weighted by Gasteiger charge is 2.33. The van der Waals surface area contributed by atoms with Crippen molar-refractivity contribution in [2.24, 2.45) is 0 Å². The number of amides is 1. The smallest absolute Gasteiger partial charge is 0.289 e. The van der Waals surface area contributed by atoms with E-state index in [4.69, 9.17) is 4.42 Å². The second-order valence-corrected chi connectivity index (χ2v) is 9.01. The Bertz CT molecular complexity index is 897. The minimum absolute atomic E-state index is 0. The molecule has 1 aromatic carbocycles. The van der Waals surface area contributed by atoms with Crippen LogP contribution in [-0.2, 0) is 15.6 Å². The maximum Gasteiger partial charge on any atom is 0.289 e. The lowest BCUT2D eigenvalue weighted by atomic mass is 10.1. The van der Waals surface area contributed by atoms with Crippen molar-refractivity contribution in [3.05, 3.63) is 54.0 Å². The molecular formula is C19H23ClN2O4S. The molecule has 2 fully saturated rings. The van der Waals surface area contributed by atoms with Crippen molar-refractivity contribution in [2.45, 2.75) is 42.0 Å². The number of rotatable bonds is 4. The molecule has 3 heterocycles. The number of hydrogen-bond donors (Lipinski definition) is 1. The molecule has 2 aromatic rings. The summed E-state index contributed by atoms with van der Waals surface area (Å²) >= 11 is 0. The molecule has 0 radical (unpaired) electrons.